The number of carbonyl (C=O) groups excluding carboxylic acids is 1. The maximum atomic E-state index is 11.5. The zero-order valence-electron chi connectivity index (χ0n) is 34.5. The fraction of sp³-hybridized carbons (Fsp3) is 0.973. The topological polar surface area (TPSA) is 197 Å². The highest BCUT2D eigenvalue weighted by molar-refractivity contribution is 5.67. The van der Waals surface area contributed by atoms with Crippen LogP contribution in [-0.4, -0.2) is 228 Å². The molecule has 0 aliphatic rings. The fourth-order valence-corrected chi connectivity index (χ4v) is 3.78. The summed E-state index contributed by atoms with van der Waals surface area (Å²) in [6, 6.07) is 0. The van der Waals surface area contributed by atoms with E-state index in [1.54, 1.807) is 0 Å². The average molecular weight is 822 g/mol. The molecule has 0 saturated heterocycles. The summed E-state index contributed by atoms with van der Waals surface area (Å²) in [5, 5.41) is 11.2. The number of alkyl carbamates (subject to hydrolysis) is 1. The van der Waals surface area contributed by atoms with E-state index in [0.29, 0.717) is 205 Å². The van der Waals surface area contributed by atoms with Crippen LogP contribution in [0.25, 0.3) is 0 Å². The minimum absolute atomic E-state index is 0.0198. The maximum absolute atomic E-state index is 11.5. The Balaban J connectivity index is 3.09. The van der Waals surface area contributed by atoms with Crippen LogP contribution in [0, 0.1) is 0 Å². The van der Waals surface area contributed by atoms with Gasteiger partial charge >= 0.3 is 6.09 Å². The molecule has 56 heavy (non-hydrogen) atoms. The normalized spacial score (nSPS) is 11.8. The van der Waals surface area contributed by atoms with Gasteiger partial charge in [-0.2, -0.15) is 0 Å². The van der Waals surface area contributed by atoms with Gasteiger partial charge in [-0.3, -0.25) is 0 Å². The van der Waals surface area contributed by atoms with Crippen molar-refractivity contribution in [3.8, 4) is 0 Å². The van der Waals surface area contributed by atoms with Crippen molar-refractivity contribution in [2.24, 2.45) is 0 Å². The zero-order chi connectivity index (χ0) is 40.7. The summed E-state index contributed by atoms with van der Waals surface area (Å²) < 4.78 is 86.6. The van der Waals surface area contributed by atoms with Crippen molar-refractivity contribution >= 4 is 6.09 Å². The zero-order valence-corrected chi connectivity index (χ0v) is 34.5. The molecule has 0 saturated carbocycles. The number of nitrogens with one attached hydrogen (secondary N) is 1. The summed E-state index contributed by atoms with van der Waals surface area (Å²) in [6.45, 7) is 20.1. The summed E-state index contributed by atoms with van der Waals surface area (Å²) in [5.41, 5.74) is -0.516. The monoisotopic (exact) mass is 821 g/mol. The van der Waals surface area contributed by atoms with Gasteiger partial charge in [0, 0.05) is 6.54 Å². The van der Waals surface area contributed by atoms with Crippen molar-refractivity contribution in [1.82, 2.24) is 5.32 Å². The summed E-state index contributed by atoms with van der Waals surface area (Å²) >= 11 is 0. The van der Waals surface area contributed by atoms with Gasteiger partial charge in [0.2, 0.25) is 0 Å². The van der Waals surface area contributed by atoms with Gasteiger partial charge in [-0.15, -0.1) is 0 Å². The van der Waals surface area contributed by atoms with E-state index in [1.165, 1.54) is 0 Å². The number of amides is 1. The largest absolute Gasteiger partial charge is 0.444 e. The van der Waals surface area contributed by atoms with Crippen LogP contribution >= 0.6 is 0 Å². The molecule has 0 aromatic carbocycles. The summed E-state index contributed by atoms with van der Waals surface area (Å²) in [6.07, 6.45) is -0.456. The van der Waals surface area contributed by atoms with Gasteiger partial charge in [-0.05, 0) is 20.8 Å². The highest BCUT2D eigenvalue weighted by Gasteiger charge is 2.15. The molecule has 0 atom stereocenters. The molecule has 0 fully saturated rings. The molecular weight excluding hydrogens is 746 g/mol. The van der Waals surface area contributed by atoms with E-state index in [2.05, 4.69) is 5.32 Å². The van der Waals surface area contributed by atoms with Crippen LogP contribution < -0.4 is 5.32 Å². The van der Waals surface area contributed by atoms with Crippen LogP contribution in [0.4, 0.5) is 4.79 Å². The Morgan fingerprint density at radius 3 is 0.696 bits per heavy atom. The van der Waals surface area contributed by atoms with Crippen LogP contribution in [0.3, 0.4) is 0 Å². The summed E-state index contributed by atoms with van der Waals surface area (Å²) in [7, 11) is 0. The standard InChI is InChI=1S/C37H75NO18/c1-37(2,3)56-36(40)38-4-6-41-8-10-43-12-14-45-16-18-47-20-22-49-24-26-51-28-30-53-32-34-55-35-33-54-31-29-52-27-25-50-23-21-48-19-17-46-15-13-44-11-9-42-7-5-39/h39H,4-35H2,1-3H3,(H,38,40). The first-order valence-electron chi connectivity index (χ1n) is 19.7. The van der Waals surface area contributed by atoms with Crippen molar-refractivity contribution in [3.63, 3.8) is 0 Å². The second-order valence-corrected chi connectivity index (χ2v) is 12.3. The lowest BCUT2D eigenvalue weighted by Crippen LogP contribution is -2.34. The fourth-order valence-electron chi connectivity index (χ4n) is 3.78. The molecule has 0 unspecified atom stereocenters. The number of hydrogen-bond acceptors (Lipinski definition) is 18. The molecule has 0 aliphatic carbocycles. The van der Waals surface area contributed by atoms with Crippen molar-refractivity contribution in [2.45, 2.75) is 26.4 Å². The van der Waals surface area contributed by atoms with Crippen LogP contribution in [0.2, 0.25) is 0 Å². The molecule has 2 N–H and O–H groups in total. The Morgan fingerprint density at radius 2 is 0.518 bits per heavy atom. The lowest BCUT2D eigenvalue weighted by atomic mass is 10.2. The van der Waals surface area contributed by atoms with E-state index in [4.69, 9.17) is 80.9 Å². The number of ether oxygens (including phenoxy) is 16. The molecule has 0 rings (SSSR count). The Kier molecular flexibility index (Phi) is 45.2. The Bertz CT molecular complexity index is 767. The van der Waals surface area contributed by atoms with Gasteiger partial charge in [-0.1, -0.05) is 0 Å². The molecule has 1 amide bonds. The molecule has 0 spiro atoms. The molecule has 0 heterocycles. The van der Waals surface area contributed by atoms with Crippen molar-refractivity contribution in [1.29, 1.82) is 0 Å². The van der Waals surface area contributed by atoms with Gasteiger partial charge in [0.05, 0.1) is 205 Å². The Labute approximate surface area is 334 Å². The number of hydrogen-bond donors (Lipinski definition) is 2. The average Bonchev–Trinajstić information content (AvgIpc) is 3.17. The smallest absolute Gasteiger partial charge is 0.407 e. The molecule has 0 aromatic rings. The molecule has 0 bridgehead atoms. The molecular formula is C37H75NO18. The first-order chi connectivity index (χ1) is 27.5. The van der Waals surface area contributed by atoms with Gasteiger partial charge in [0.1, 0.15) is 5.60 Å². The van der Waals surface area contributed by atoms with E-state index in [-0.39, 0.29) is 6.61 Å². The SMILES string of the molecule is CC(C)(C)OC(=O)NCCOCCOCCOCCOCCOCCOCCOCCOCCOCCOCCOCCOCCOCCOCCOCCO. The minimum Gasteiger partial charge on any atom is -0.444 e. The second-order valence-electron chi connectivity index (χ2n) is 12.3. The number of carbonyl (C=O) groups is 1. The molecule has 19 nitrogen and oxygen atoms in total. The predicted molar refractivity (Wildman–Crippen MR) is 204 cm³/mol. The van der Waals surface area contributed by atoms with E-state index in [9.17, 15) is 4.79 Å². The first-order valence-corrected chi connectivity index (χ1v) is 19.7. The highest BCUT2D eigenvalue weighted by atomic mass is 16.6. The highest BCUT2D eigenvalue weighted by Crippen LogP contribution is 2.06. The predicted octanol–water partition coefficient (Wildman–Crippen LogP) is 0.752. The van der Waals surface area contributed by atoms with Crippen molar-refractivity contribution in [2.75, 3.05) is 211 Å². The van der Waals surface area contributed by atoms with E-state index in [1.807, 2.05) is 20.8 Å². The van der Waals surface area contributed by atoms with Crippen LogP contribution in [0.1, 0.15) is 20.8 Å². The van der Waals surface area contributed by atoms with Gasteiger partial charge < -0.3 is 86.2 Å². The maximum Gasteiger partial charge on any atom is 0.407 e. The number of aliphatic hydroxyl groups excluding tert-OH is 1. The Hall–Kier alpha value is -1.37. The van der Waals surface area contributed by atoms with Gasteiger partial charge in [0.15, 0.2) is 0 Å². The van der Waals surface area contributed by atoms with Crippen molar-refractivity contribution < 1.29 is 85.7 Å². The number of rotatable bonds is 47. The summed E-state index contributed by atoms with van der Waals surface area (Å²) in [4.78, 5) is 11.5. The third kappa shape index (κ3) is 50.6. The number of aliphatic hydroxyl groups is 1. The molecule has 336 valence electrons. The van der Waals surface area contributed by atoms with Crippen LogP contribution in [0.5, 0.6) is 0 Å². The van der Waals surface area contributed by atoms with E-state index < -0.39 is 11.7 Å². The van der Waals surface area contributed by atoms with Gasteiger partial charge in [0.25, 0.3) is 0 Å². The Morgan fingerprint density at radius 1 is 0.339 bits per heavy atom. The third-order valence-electron chi connectivity index (χ3n) is 6.36. The molecule has 0 aromatic heterocycles. The molecule has 19 heteroatoms. The van der Waals surface area contributed by atoms with E-state index in [0.717, 1.165) is 0 Å². The van der Waals surface area contributed by atoms with E-state index >= 15 is 0 Å². The van der Waals surface area contributed by atoms with Crippen LogP contribution in [-0.2, 0) is 75.8 Å². The second kappa shape index (κ2) is 46.3. The first kappa shape index (κ1) is 54.6. The lowest BCUT2D eigenvalue weighted by molar-refractivity contribution is -0.0301. The minimum atomic E-state index is -0.516. The summed E-state index contributed by atoms with van der Waals surface area (Å²) in [5.74, 6) is 0. The third-order valence-corrected chi connectivity index (χ3v) is 6.36. The lowest BCUT2D eigenvalue weighted by Gasteiger charge is -2.19. The van der Waals surface area contributed by atoms with Crippen molar-refractivity contribution in [3.05, 3.63) is 0 Å². The van der Waals surface area contributed by atoms with Crippen LogP contribution in [0.15, 0.2) is 0 Å². The quantitative estimate of drug-likeness (QED) is 0.0816. The molecule has 0 radical (unpaired) electrons. The van der Waals surface area contributed by atoms with Gasteiger partial charge in [-0.25, -0.2) is 4.79 Å². The molecule has 0 aliphatic heterocycles.